The van der Waals surface area contributed by atoms with Crippen molar-refractivity contribution in [3.63, 3.8) is 0 Å². The van der Waals surface area contributed by atoms with Crippen molar-refractivity contribution in [2.24, 2.45) is 0 Å². The Balaban J connectivity index is 1.27. The van der Waals surface area contributed by atoms with Crippen LogP contribution in [0.15, 0.2) is 181 Å². The Labute approximate surface area is 353 Å². The van der Waals surface area contributed by atoms with Crippen LogP contribution in [0.25, 0.3) is 0 Å². The number of rotatable bonds is 21. The van der Waals surface area contributed by atoms with Crippen LogP contribution in [0.4, 0.5) is 0 Å². The van der Waals surface area contributed by atoms with E-state index >= 15 is 0 Å². The second kappa shape index (κ2) is 21.5. The molecule has 312 valence electrons. The van der Waals surface area contributed by atoms with Gasteiger partial charge < -0.3 is 28.4 Å². The van der Waals surface area contributed by atoms with Gasteiger partial charge in [-0.3, -0.25) is 4.18 Å². The Hall–Kier alpha value is -5.01. The summed E-state index contributed by atoms with van der Waals surface area (Å²) in [4.78, 5) is 0.0634. The van der Waals surface area contributed by atoms with Crippen molar-refractivity contribution in [1.29, 1.82) is 0 Å². The molecule has 0 amide bonds. The highest BCUT2D eigenvalue weighted by Gasteiger charge is 2.58. The summed E-state index contributed by atoms with van der Waals surface area (Å²) in [6.45, 7) is 2.67. The van der Waals surface area contributed by atoms with Gasteiger partial charge in [0.1, 0.15) is 24.4 Å². The van der Waals surface area contributed by atoms with Gasteiger partial charge in [-0.2, -0.15) is 8.42 Å². The van der Waals surface area contributed by atoms with E-state index in [-0.39, 0.29) is 51.0 Å². The van der Waals surface area contributed by atoms with E-state index in [1.807, 2.05) is 159 Å². The molecule has 0 spiro atoms. The van der Waals surface area contributed by atoms with Gasteiger partial charge in [0, 0.05) is 6.42 Å². The summed E-state index contributed by atoms with van der Waals surface area (Å²) in [5, 5.41) is 0. The zero-order valence-corrected chi connectivity index (χ0v) is 34.6. The van der Waals surface area contributed by atoms with Crippen LogP contribution in [0.3, 0.4) is 0 Å². The molecule has 6 aromatic rings. The fraction of sp³-hybridized carbons (Fsp3) is 0.280. The van der Waals surface area contributed by atoms with Gasteiger partial charge in [0.15, 0.2) is 0 Å². The van der Waals surface area contributed by atoms with Gasteiger partial charge in [0.05, 0.1) is 51.1 Å². The molecule has 5 atom stereocenters. The Morgan fingerprint density at radius 3 is 1.48 bits per heavy atom. The molecule has 60 heavy (non-hydrogen) atoms. The smallest absolute Gasteiger partial charge is 0.297 e. The minimum absolute atomic E-state index is 0.0634. The van der Waals surface area contributed by atoms with E-state index in [4.69, 9.17) is 32.6 Å². The van der Waals surface area contributed by atoms with Crippen LogP contribution in [0.5, 0.6) is 0 Å². The third-order valence-electron chi connectivity index (χ3n) is 10.3. The summed E-state index contributed by atoms with van der Waals surface area (Å²) in [6, 6.07) is 56.1. The number of hydrogen-bond donors (Lipinski definition) is 0. The summed E-state index contributed by atoms with van der Waals surface area (Å²) in [7, 11) is -4.08. The molecule has 0 aliphatic carbocycles. The predicted octanol–water partition coefficient (Wildman–Crippen LogP) is 9.03. The van der Waals surface area contributed by atoms with Gasteiger partial charge in [0.2, 0.25) is 5.79 Å². The molecule has 1 aliphatic rings. The minimum Gasteiger partial charge on any atom is -0.374 e. The summed E-state index contributed by atoms with van der Waals surface area (Å²) < 4.78 is 73.6. The molecule has 1 fully saturated rings. The average Bonchev–Trinajstić information content (AvgIpc) is 3.28. The largest absolute Gasteiger partial charge is 0.374 e. The first-order valence-corrected chi connectivity index (χ1v) is 21.7. The molecule has 1 heterocycles. The Morgan fingerprint density at radius 2 is 0.967 bits per heavy atom. The molecule has 9 nitrogen and oxygen atoms in total. The fourth-order valence-corrected chi connectivity index (χ4v) is 8.13. The molecule has 6 aromatic carbocycles. The summed E-state index contributed by atoms with van der Waals surface area (Å²) in [6.07, 6.45) is -2.87. The molecule has 0 bridgehead atoms. The molecule has 0 radical (unpaired) electrons. The first kappa shape index (κ1) is 43.1. The maximum atomic E-state index is 13.3. The SMILES string of the molecule is Cc1ccc(S(=O)(=O)OCCO[C@@]2(Cc3ccccc3)O[C@H](COCc3ccccc3)[C@H](OCc3ccccc3)[C@H](OCc3ccccc3)[C@H]2OCc2ccccc2)cc1. The Morgan fingerprint density at radius 1 is 0.517 bits per heavy atom. The van der Waals surface area contributed by atoms with E-state index in [1.54, 1.807) is 12.1 Å². The van der Waals surface area contributed by atoms with Gasteiger partial charge in [-0.1, -0.05) is 169 Å². The number of benzene rings is 6. The van der Waals surface area contributed by atoms with Gasteiger partial charge in [0.25, 0.3) is 10.1 Å². The summed E-state index contributed by atoms with van der Waals surface area (Å²) in [5.41, 5.74) is 5.75. The van der Waals surface area contributed by atoms with E-state index in [9.17, 15) is 8.42 Å². The third-order valence-corrected chi connectivity index (χ3v) is 11.6. The molecule has 1 aliphatic heterocycles. The van der Waals surface area contributed by atoms with Crippen LogP contribution >= 0.6 is 0 Å². The average molecular weight is 829 g/mol. The van der Waals surface area contributed by atoms with Gasteiger partial charge in [-0.25, -0.2) is 0 Å². The van der Waals surface area contributed by atoms with Gasteiger partial charge >= 0.3 is 0 Å². The topological polar surface area (TPSA) is 98.8 Å². The van der Waals surface area contributed by atoms with Crippen molar-refractivity contribution < 1.29 is 41.0 Å². The maximum absolute atomic E-state index is 13.3. The zero-order chi connectivity index (χ0) is 41.5. The van der Waals surface area contributed by atoms with Crippen LogP contribution in [-0.2, 0) is 75.6 Å². The normalized spacial score (nSPS) is 20.5. The minimum atomic E-state index is -4.08. The Bertz CT molecular complexity index is 2250. The van der Waals surface area contributed by atoms with Gasteiger partial charge in [-0.05, 0) is 46.9 Å². The van der Waals surface area contributed by atoms with Crippen LogP contribution < -0.4 is 0 Å². The van der Waals surface area contributed by atoms with Crippen LogP contribution in [0.1, 0.15) is 33.4 Å². The molecule has 0 N–H and O–H groups in total. The lowest BCUT2D eigenvalue weighted by molar-refractivity contribution is -0.383. The van der Waals surface area contributed by atoms with Gasteiger partial charge in [-0.15, -0.1) is 0 Å². The van der Waals surface area contributed by atoms with E-state index in [0.717, 1.165) is 33.4 Å². The third kappa shape index (κ3) is 12.1. The van der Waals surface area contributed by atoms with Crippen molar-refractivity contribution in [2.75, 3.05) is 19.8 Å². The number of aryl methyl sites for hydroxylation is 1. The number of ether oxygens (including phenoxy) is 6. The van der Waals surface area contributed by atoms with Crippen LogP contribution in [-0.4, -0.2) is 58.4 Å². The highest BCUT2D eigenvalue weighted by molar-refractivity contribution is 7.86. The molecule has 1 saturated heterocycles. The summed E-state index contributed by atoms with van der Waals surface area (Å²) >= 11 is 0. The molecular formula is C50H52O9S. The second-order valence-electron chi connectivity index (χ2n) is 14.8. The van der Waals surface area contributed by atoms with Crippen LogP contribution in [0, 0.1) is 6.92 Å². The first-order chi connectivity index (χ1) is 29.4. The molecular weight excluding hydrogens is 777 g/mol. The molecule has 7 rings (SSSR count). The fourth-order valence-electron chi connectivity index (χ4n) is 7.24. The lowest BCUT2D eigenvalue weighted by Gasteiger charge is -2.52. The highest BCUT2D eigenvalue weighted by atomic mass is 32.2. The quantitative estimate of drug-likeness (QED) is 0.0520. The van der Waals surface area contributed by atoms with Crippen molar-refractivity contribution >= 4 is 10.1 Å². The monoisotopic (exact) mass is 828 g/mol. The second-order valence-corrected chi connectivity index (χ2v) is 16.4. The van der Waals surface area contributed by atoms with Crippen molar-refractivity contribution in [2.45, 2.75) is 74.9 Å². The maximum Gasteiger partial charge on any atom is 0.297 e. The molecule has 10 heteroatoms. The number of hydrogen-bond acceptors (Lipinski definition) is 9. The predicted molar refractivity (Wildman–Crippen MR) is 229 cm³/mol. The first-order valence-electron chi connectivity index (χ1n) is 20.3. The lowest BCUT2D eigenvalue weighted by atomic mass is 9.87. The molecule has 0 unspecified atom stereocenters. The zero-order valence-electron chi connectivity index (χ0n) is 33.8. The standard InChI is InChI=1S/C50H52O9S/c1-39-27-29-45(30-28-39)60(51,52)58-32-31-57-50(33-40-17-7-2-8-18-40)49(56-37-44-25-15-6-16-26-44)48(55-36-43-23-13-5-14-24-43)47(54-35-42-21-11-4-12-22-42)46(59-50)38-53-34-41-19-9-3-10-20-41/h2-30,46-49H,31-38H2,1H3/t46-,47+,48+,49-,50+/m1/s1. The van der Waals surface area contributed by atoms with Crippen molar-refractivity contribution in [3.05, 3.63) is 209 Å². The van der Waals surface area contributed by atoms with Crippen molar-refractivity contribution in [3.8, 4) is 0 Å². The van der Waals surface area contributed by atoms with Crippen molar-refractivity contribution in [1.82, 2.24) is 0 Å². The van der Waals surface area contributed by atoms with Crippen LogP contribution in [0.2, 0.25) is 0 Å². The van der Waals surface area contributed by atoms with E-state index < -0.39 is 40.3 Å². The van der Waals surface area contributed by atoms with E-state index in [0.29, 0.717) is 6.61 Å². The molecule has 0 aromatic heterocycles. The molecule has 0 saturated carbocycles. The lowest BCUT2D eigenvalue weighted by Crippen LogP contribution is -2.69. The summed E-state index contributed by atoms with van der Waals surface area (Å²) in [5.74, 6) is -1.54. The van der Waals surface area contributed by atoms with E-state index in [2.05, 4.69) is 0 Å². The van der Waals surface area contributed by atoms with E-state index in [1.165, 1.54) is 12.1 Å². The highest BCUT2D eigenvalue weighted by Crippen LogP contribution is 2.40. The Kier molecular flexibility index (Phi) is 15.4.